The SMILES string of the molecule is CC[C@H]1Sc2ccc(S(=O)(=O)CCC(=O)NC3CCC(C)CC3)cc2NC1=O. The van der Waals surface area contributed by atoms with Crippen LogP contribution in [0.4, 0.5) is 5.69 Å². The number of carbonyl (C=O) groups excluding carboxylic acids is 2. The van der Waals surface area contributed by atoms with Gasteiger partial charge in [0.2, 0.25) is 11.8 Å². The molecule has 1 heterocycles. The topological polar surface area (TPSA) is 92.3 Å². The average Bonchev–Trinajstić information content (AvgIpc) is 2.67. The minimum atomic E-state index is -3.60. The summed E-state index contributed by atoms with van der Waals surface area (Å²) in [6.45, 7) is 4.16. The predicted octanol–water partition coefficient (Wildman–Crippen LogP) is 3.37. The fourth-order valence-electron chi connectivity index (χ4n) is 3.64. The highest BCUT2D eigenvalue weighted by molar-refractivity contribution is 8.01. The first-order valence-electron chi connectivity index (χ1n) is 9.92. The van der Waals surface area contributed by atoms with E-state index in [9.17, 15) is 18.0 Å². The highest BCUT2D eigenvalue weighted by Crippen LogP contribution is 2.38. The molecule has 0 unspecified atom stereocenters. The Balaban J connectivity index is 1.59. The second-order valence-electron chi connectivity index (χ2n) is 7.76. The molecule has 1 aromatic rings. The van der Waals surface area contributed by atoms with Crippen LogP contribution in [-0.2, 0) is 19.4 Å². The molecule has 3 rings (SSSR count). The third kappa shape index (κ3) is 5.08. The van der Waals surface area contributed by atoms with Crippen molar-refractivity contribution in [2.75, 3.05) is 11.1 Å². The first kappa shape index (κ1) is 21.2. The second-order valence-corrected chi connectivity index (χ2v) is 11.1. The van der Waals surface area contributed by atoms with Gasteiger partial charge in [-0.05, 0) is 56.2 Å². The Labute approximate surface area is 171 Å². The smallest absolute Gasteiger partial charge is 0.237 e. The van der Waals surface area contributed by atoms with Gasteiger partial charge in [0.25, 0.3) is 0 Å². The summed E-state index contributed by atoms with van der Waals surface area (Å²) in [5, 5.41) is 5.61. The fourth-order valence-corrected chi connectivity index (χ4v) is 5.93. The van der Waals surface area contributed by atoms with Crippen molar-refractivity contribution >= 4 is 39.1 Å². The van der Waals surface area contributed by atoms with Gasteiger partial charge < -0.3 is 10.6 Å². The van der Waals surface area contributed by atoms with Gasteiger partial charge in [-0.15, -0.1) is 11.8 Å². The van der Waals surface area contributed by atoms with Crippen LogP contribution in [0.15, 0.2) is 28.0 Å². The molecule has 1 atom stereocenters. The van der Waals surface area contributed by atoms with E-state index in [1.165, 1.54) is 17.8 Å². The van der Waals surface area contributed by atoms with Gasteiger partial charge >= 0.3 is 0 Å². The molecule has 2 aliphatic rings. The van der Waals surface area contributed by atoms with Crippen LogP contribution in [0, 0.1) is 5.92 Å². The largest absolute Gasteiger partial charge is 0.353 e. The van der Waals surface area contributed by atoms with Crippen LogP contribution in [0.3, 0.4) is 0 Å². The van der Waals surface area contributed by atoms with E-state index in [-0.39, 0.29) is 40.2 Å². The molecule has 2 N–H and O–H groups in total. The Morgan fingerprint density at radius 1 is 1.25 bits per heavy atom. The number of rotatable bonds is 6. The number of benzene rings is 1. The van der Waals surface area contributed by atoms with Crippen molar-refractivity contribution in [1.29, 1.82) is 0 Å². The molecule has 2 amide bonds. The van der Waals surface area contributed by atoms with Crippen molar-refractivity contribution in [2.24, 2.45) is 5.92 Å². The molecule has 0 radical (unpaired) electrons. The van der Waals surface area contributed by atoms with E-state index in [4.69, 9.17) is 0 Å². The summed E-state index contributed by atoms with van der Waals surface area (Å²) in [6.07, 6.45) is 4.78. The summed E-state index contributed by atoms with van der Waals surface area (Å²) in [7, 11) is -3.60. The molecule has 8 heteroatoms. The van der Waals surface area contributed by atoms with E-state index in [1.54, 1.807) is 12.1 Å². The van der Waals surface area contributed by atoms with E-state index in [1.807, 2.05) is 6.92 Å². The van der Waals surface area contributed by atoms with Gasteiger partial charge in [0, 0.05) is 17.4 Å². The van der Waals surface area contributed by atoms with E-state index >= 15 is 0 Å². The lowest BCUT2D eigenvalue weighted by atomic mass is 9.87. The fraction of sp³-hybridized carbons (Fsp3) is 0.600. The normalized spacial score (nSPS) is 24.9. The molecule has 1 saturated carbocycles. The highest BCUT2D eigenvalue weighted by Gasteiger charge is 2.27. The zero-order valence-corrected chi connectivity index (χ0v) is 18.0. The van der Waals surface area contributed by atoms with E-state index in [0.717, 1.165) is 30.6 Å². The Kier molecular flexibility index (Phi) is 6.70. The number of fused-ring (bicyclic) bond motifs is 1. The van der Waals surface area contributed by atoms with Crippen LogP contribution in [0.5, 0.6) is 0 Å². The van der Waals surface area contributed by atoms with Crippen molar-refractivity contribution < 1.29 is 18.0 Å². The lowest BCUT2D eigenvalue weighted by Gasteiger charge is -2.26. The summed E-state index contributed by atoms with van der Waals surface area (Å²) in [4.78, 5) is 25.2. The van der Waals surface area contributed by atoms with Crippen LogP contribution in [-0.4, -0.2) is 37.3 Å². The predicted molar refractivity (Wildman–Crippen MR) is 111 cm³/mol. The lowest BCUT2D eigenvalue weighted by Crippen LogP contribution is -2.38. The minimum Gasteiger partial charge on any atom is -0.353 e. The van der Waals surface area contributed by atoms with Crippen LogP contribution in [0.25, 0.3) is 0 Å². The van der Waals surface area contributed by atoms with E-state index in [2.05, 4.69) is 17.6 Å². The summed E-state index contributed by atoms with van der Waals surface area (Å²) in [5.74, 6) is 0.148. The Morgan fingerprint density at radius 2 is 1.96 bits per heavy atom. The summed E-state index contributed by atoms with van der Waals surface area (Å²) < 4.78 is 25.3. The van der Waals surface area contributed by atoms with Gasteiger partial charge in [0.05, 0.1) is 21.6 Å². The molecular weight excluding hydrogens is 396 g/mol. The summed E-state index contributed by atoms with van der Waals surface area (Å²) in [5.41, 5.74) is 0.529. The molecule has 154 valence electrons. The number of sulfone groups is 1. The van der Waals surface area contributed by atoms with Crippen molar-refractivity contribution in [3.63, 3.8) is 0 Å². The Hall–Kier alpha value is -1.54. The monoisotopic (exact) mass is 424 g/mol. The first-order valence-corrected chi connectivity index (χ1v) is 12.5. The van der Waals surface area contributed by atoms with E-state index in [0.29, 0.717) is 18.0 Å². The molecule has 0 bridgehead atoms. The number of amides is 2. The number of hydrogen-bond acceptors (Lipinski definition) is 5. The maximum atomic E-state index is 12.7. The van der Waals surface area contributed by atoms with Crippen LogP contribution >= 0.6 is 11.8 Å². The zero-order valence-electron chi connectivity index (χ0n) is 16.4. The third-order valence-corrected chi connectivity index (χ3v) is 8.63. The molecular formula is C20H28N2O4S2. The molecule has 1 aromatic carbocycles. The second kappa shape index (κ2) is 8.86. The molecule has 0 saturated heterocycles. The maximum absolute atomic E-state index is 12.7. The van der Waals surface area contributed by atoms with Crippen molar-refractivity contribution in [1.82, 2.24) is 5.32 Å². The van der Waals surface area contributed by atoms with Crippen molar-refractivity contribution in [3.8, 4) is 0 Å². The van der Waals surface area contributed by atoms with Crippen LogP contribution in [0.1, 0.15) is 52.4 Å². The van der Waals surface area contributed by atoms with E-state index < -0.39 is 9.84 Å². The van der Waals surface area contributed by atoms with Crippen molar-refractivity contribution in [2.45, 2.75) is 73.5 Å². The standard InChI is InChI=1S/C20H28N2O4S2/c1-3-17-20(24)22-16-12-15(8-9-18(16)27-17)28(25,26)11-10-19(23)21-14-6-4-13(2)5-7-14/h8-9,12-14,17H,3-7,10-11H2,1-2H3,(H,21,23)(H,22,24)/t13?,14?,17-/m1/s1. The average molecular weight is 425 g/mol. The van der Waals surface area contributed by atoms with Gasteiger partial charge in [0.1, 0.15) is 0 Å². The molecule has 0 spiro atoms. The van der Waals surface area contributed by atoms with Crippen LogP contribution < -0.4 is 10.6 Å². The number of thioether (sulfide) groups is 1. The molecule has 1 aliphatic carbocycles. The zero-order chi connectivity index (χ0) is 20.3. The highest BCUT2D eigenvalue weighted by atomic mass is 32.2. The Morgan fingerprint density at radius 3 is 2.64 bits per heavy atom. The number of anilines is 1. The summed E-state index contributed by atoms with van der Waals surface area (Å²) in [6, 6.07) is 4.96. The molecule has 0 aromatic heterocycles. The first-order chi connectivity index (χ1) is 13.3. The van der Waals surface area contributed by atoms with Crippen LogP contribution in [0.2, 0.25) is 0 Å². The number of nitrogens with one attached hydrogen (secondary N) is 2. The van der Waals surface area contributed by atoms with Gasteiger partial charge in [-0.25, -0.2) is 8.42 Å². The third-order valence-electron chi connectivity index (χ3n) is 5.48. The van der Waals surface area contributed by atoms with Crippen molar-refractivity contribution in [3.05, 3.63) is 18.2 Å². The molecule has 1 fully saturated rings. The minimum absolute atomic E-state index is 0.0511. The van der Waals surface area contributed by atoms with Gasteiger partial charge in [0.15, 0.2) is 9.84 Å². The molecule has 1 aliphatic heterocycles. The number of hydrogen-bond donors (Lipinski definition) is 2. The molecule has 28 heavy (non-hydrogen) atoms. The number of carbonyl (C=O) groups is 2. The molecule has 6 nitrogen and oxygen atoms in total. The lowest BCUT2D eigenvalue weighted by molar-refractivity contribution is -0.121. The van der Waals surface area contributed by atoms with Gasteiger partial charge in [-0.2, -0.15) is 0 Å². The Bertz CT molecular complexity index is 846. The maximum Gasteiger partial charge on any atom is 0.237 e. The van der Waals surface area contributed by atoms with Gasteiger partial charge in [-0.1, -0.05) is 13.8 Å². The quantitative estimate of drug-likeness (QED) is 0.730. The summed E-state index contributed by atoms with van der Waals surface area (Å²) >= 11 is 1.45. The van der Waals surface area contributed by atoms with Gasteiger partial charge in [-0.3, -0.25) is 9.59 Å².